The number of nitriles is 1. The van der Waals surface area contributed by atoms with Crippen molar-refractivity contribution in [3.05, 3.63) is 99.5 Å². The first-order valence-electron chi connectivity index (χ1n) is 9.58. The zero-order valence-corrected chi connectivity index (χ0v) is 18.6. The number of hydrogen-bond donors (Lipinski definition) is 1. The molecule has 0 radical (unpaired) electrons. The average molecular weight is 477 g/mol. The Labute approximate surface area is 190 Å². The van der Waals surface area contributed by atoms with Gasteiger partial charge in [-0.25, -0.2) is 0 Å². The van der Waals surface area contributed by atoms with Crippen molar-refractivity contribution in [1.82, 2.24) is 5.32 Å². The lowest BCUT2D eigenvalue weighted by molar-refractivity contribution is -0.117. The summed E-state index contributed by atoms with van der Waals surface area (Å²) in [6.45, 7) is 0.687. The summed E-state index contributed by atoms with van der Waals surface area (Å²) < 4.78 is 11.9. The molecule has 0 aliphatic carbocycles. The molecular weight excluding hydrogens is 456 g/mol. The summed E-state index contributed by atoms with van der Waals surface area (Å²) in [7, 11) is 1.60. The number of halogens is 1. The van der Waals surface area contributed by atoms with Gasteiger partial charge in [-0.3, -0.25) is 4.79 Å². The number of carbonyl (C=O) groups excluding carboxylic acids is 1. The van der Waals surface area contributed by atoms with E-state index in [4.69, 9.17) is 9.47 Å². The lowest BCUT2D eigenvalue weighted by Gasteiger charge is -2.11. The Morgan fingerprint density at radius 1 is 1.06 bits per heavy atom. The van der Waals surface area contributed by atoms with Crippen LogP contribution in [0.15, 0.2) is 82.8 Å². The van der Waals surface area contributed by atoms with Crippen molar-refractivity contribution < 1.29 is 14.3 Å². The van der Waals surface area contributed by atoms with Gasteiger partial charge in [0.2, 0.25) is 0 Å². The quantitative estimate of drug-likeness (QED) is 0.355. The van der Waals surface area contributed by atoms with Crippen molar-refractivity contribution in [1.29, 1.82) is 5.26 Å². The molecule has 0 saturated heterocycles. The van der Waals surface area contributed by atoms with E-state index < -0.39 is 5.91 Å². The summed E-state index contributed by atoms with van der Waals surface area (Å²) in [6.07, 6.45) is 1.54. The number of rotatable bonds is 8. The highest BCUT2D eigenvalue weighted by Gasteiger charge is 2.12. The predicted octanol–water partition coefficient (Wildman–Crippen LogP) is 5.26. The average Bonchev–Trinajstić information content (AvgIpc) is 2.81. The summed E-state index contributed by atoms with van der Waals surface area (Å²) in [6, 6.07) is 24.6. The Kier molecular flexibility index (Phi) is 7.85. The minimum atomic E-state index is -0.452. The molecule has 156 valence electrons. The van der Waals surface area contributed by atoms with Gasteiger partial charge in [0.25, 0.3) is 5.91 Å². The molecule has 1 amide bonds. The van der Waals surface area contributed by atoms with Crippen LogP contribution < -0.4 is 14.8 Å². The molecule has 0 heterocycles. The van der Waals surface area contributed by atoms with Crippen LogP contribution in [-0.4, -0.2) is 13.0 Å². The molecular formula is C25H21BrN2O3. The highest BCUT2D eigenvalue weighted by atomic mass is 79.9. The molecule has 0 aliphatic rings. The number of hydrogen-bond acceptors (Lipinski definition) is 4. The molecule has 0 fully saturated rings. The minimum Gasteiger partial charge on any atom is -0.497 e. The van der Waals surface area contributed by atoms with Gasteiger partial charge in [0.15, 0.2) is 0 Å². The van der Waals surface area contributed by atoms with Crippen LogP contribution in [0, 0.1) is 11.3 Å². The third-order valence-corrected chi connectivity index (χ3v) is 4.98. The van der Waals surface area contributed by atoms with Gasteiger partial charge in [0, 0.05) is 16.6 Å². The van der Waals surface area contributed by atoms with Crippen LogP contribution in [0.1, 0.15) is 16.7 Å². The fourth-order valence-electron chi connectivity index (χ4n) is 2.82. The van der Waals surface area contributed by atoms with Crippen LogP contribution in [-0.2, 0) is 17.9 Å². The van der Waals surface area contributed by atoms with E-state index in [1.165, 1.54) is 6.08 Å². The van der Waals surface area contributed by atoms with Crippen LogP contribution in [0.2, 0.25) is 0 Å². The smallest absolute Gasteiger partial charge is 0.262 e. The normalized spacial score (nSPS) is 10.8. The largest absolute Gasteiger partial charge is 0.497 e. The van der Waals surface area contributed by atoms with Crippen LogP contribution in [0.4, 0.5) is 0 Å². The summed E-state index contributed by atoms with van der Waals surface area (Å²) in [5.74, 6) is 0.875. The van der Waals surface area contributed by atoms with Gasteiger partial charge in [-0.05, 0) is 47.5 Å². The molecule has 1 N–H and O–H groups in total. The predicted molar refractivity (Wildman–Crippen MR) is 123 cm³/mol. The zero-order chi connectivity index (χ0) is 22.1. The van der Waals surface area contributed by atoms with E-state index in [2.05, 4.69) is 21.2 Å². The van der Waals surface area contributed by atoms with Crippen molar-refractivity contribution in [2.45, 2.75) is 13.2 Å². The fraction of sp³-hybridized carbons (Fsp3) is 0.120. The SMILES string of the molecule is COc1ccc(CNC(=O)/C(C#N)=C/c2cc(Br)ccc2OCc2ccccc2)cc1. The molecule has 0 aromatic heterocycles. The van der Waals surface area contributed by atoms with Gasteiger partial charge in [-0.15, -0.1) is 0 Å². The number of carbonyl (C=O) groups is 1. The second-order valence-corrected chi connectivity index (χ2v) is 7.57. The van der Waals surface area contributed by atoms with Gasteiger partial charge < -0.3 is 14.8 Å². The highest BCUT2D eigenvalue weighted by molar-refractivity contribution is 9.10. The molecule has 5 nitrogen and oxygen atoms in total. The van der Waals surface area contributed by atoms with Crippen molar-refractivity contribution in [3.63, 3.8) is 0 Å². The first kappa shape index (κ1) is 22.1. The standard InChI is InChI=1S/C25H21BrN2O3/c1-30-23-10-7-18(8-11-23)16-28-25(29)21(15-27)13-20-14-22(26)9-12-24(20)31-17-19-5-3-2-4-6-19/h2-14H,16-17H2,1H3,(H,28,29)/b21-13+. The number of benzene rings is 3. The zero-order valence-electron chi connectivity index (χ0n) is 17.0. The molecule has 3 rings (SSSR count). The van der Waals surface area contributed by atoms with E-state index in [9.17, 15) is 10.1 Å². The number of methoxy groups -OCH3 is 1. The maximum Gasteiger partial charge on any atom is 0.262 e. The number of nitrogens with one attached hydrogen (secondary N) is 1. The minimum absolute atomic E-state index is 0.00354. The maximum absolute atomic E-state index is 12.6. The first-order valence-corrected chi connectivity index (χ1v) is 10.4. The van der Waals surface area contributed by atoms with E-state index in [0.29, 0.717) is 24.5 Å². The highest BCUT2D eigenvalue weighted by Crippen LogP contribution is 2.26. The Hall–Kier alpha value is -3.56. The lowest BCUT2D eigenvalue weighted by Crippen LogP contribution is -2.23. The Balaban J connectivity index is 1.73. The molecule has 0 saturated carbocycles. The Morgan fingerprint density at radius 3 is 2.48 bits per heavy atom. The summed E-state index contributed by atoms with van der Waals surface area (Å²) in [4.78, 5) is 12.6. The van der Waals surface area contributed by atoms with Gasteiger partial charge in [-0.1, -0.05) is 58.4 Å². The summed E-state index contributed by atoms with van der Waals surface area (Å²) >= 11 is 3.44. The molecule has 6 heteroatoms. The Bertz CT molecular complexity index is 1100. The molecule has 31 heavy (non-hydrogen) atoms. The molecule has 0 aliphatic heterocycles. The van der Waals surface area contributed by atoms with Gasteiger partial charge in [0.1, 0.15) is 29.7 Å². The fourth-order valence-corrected chi connectivity index (χ4v) is 3.20. The Morgan fingerprint density at radius 2 is 1.81 bits per heavy atom. The van der Waals surface area contributed by atoms with E-state index in [1.807, 2.05) is 78.9 Å². The van der Waals surface area contributed by atoms with E-state index in [1.54, 1.807) is 7.11 Å². The molecule has 3 aromatic rings. The molecule has 0 atom stereocenters. The number of amides is 1. The molecule has 0 unspecified atom stereocenters. The van der Waals surface area contributed by atoms with Crippen LogP contribution >= 0.6 is 15.9 Å². The second-order valence-electron chi connectivity index (χ2n) is 6.66. The maximum atomic E-state index is 12.6. The third kappa shape index (κ3) is 6.46. The number of ether oxygens (including phenoxy) is 2. The summed E-state index contributed by atoms with van der Waals surface area (Å²) in [5.41, 5.74) is 2.57. The second kappa shape index (κ2) is 11.0. The van der Waals surface area contributed by atoms with Gasteiger partial charge >= 0.3 is 0 Å². The van der Waals surface area contributed by atoms with Crippen LogP contribution in [0.5, 0.6) is 11.5 Å². The molecule has 0 bridgehead atoms. The topological polar surface area (TPSA) is 71.3 Å². The van der Waals surface area contributed by atoms with E-state index >= 15 is 0 Å². The third-order valence-electron chi connectivity index (χ3n) is 4.49. The van der Waals surface area contributed by atoms with Crippen LogP contribution in [0.25, 0.3) is 6.08 Å². The van der Waals surface area contributed by atoms with Gasteiger partial charge in [-0.2, -0.15) is 5.26 Å². The first-order chi connectivity index (χ1) is 15.1. The van der Waals surface area contributed by atoms with E-state index in [0.717, 1.165) is 21.3 Å². The van der Waals surface area contributed by atoms with E-state index in [-0.39, 0.29) is 5.57 Å². The van der Waals surface area contributed by atoms with Crippen LogP contribution in [0.3, 0.4) is 0 Å². The van der Waals surface area contributed by atoms with Crippen molar-refractivity contribution in [2.24, 2.45) is 0 Å². The van der Waals surface area contributed by atoms with Crippen molar-refractivity contribution >= 4 is 27.9 Å². The van der Waals surface area contributed by atoms with Crippen molar-refractivity contribution in [3.8, 4) is 17.6 Å². The van der Waals surface area contributed by atoms with Crippen molar-refractivity contribution in [2.75, 3.05) is 7.11 Å². The molecule has 3 aromatic carbocycles. The monoisotopic (exact) mass is 476 g/mol. The molecule has 0 spiro atoms. The van der Waals surface area contributed by atoms with Gasteiger partial charge in [0.05, 0.1) is 7.11 Å². The summed E-state index contributed by atoms with van der Waals surface area (Å²) in [5, 5.41) is 12.3. The lowest BCUT2D eigenvalue weighted by atomic mass is 10.1. The number of nitrogens with zero attached hydrogens (tertiary/aromatic N) is 1.